The Hall–Kier alpha value is -1.70. The molecule has 3 rings (SSSR count). The summed E-state index contributed by atoms with van der Waals surface area (Å²) in [6, 6.07) is 0. The minimum Gasteiger partial charge on any atom is -0.461 e. The number of hydrogen-bond acceptors (Lipinski definition) is 6. The van der Waals surface area contributed by atoms with Gasteiger partial charge in [0.1, 0.15) is 6.10 Å². The Kier molecular flexibility index (Phi) is 13.7. The number of nitrogens with one attached hydrogen (secondary N) is 1. The van der Waals surface area contributed by atoms with Crippen LogP contribution in [0.5, 0.6) is 0 Å². The molecule has 0 radical (unpaired) electrons. The summed E-state index contributed by atoms with van der Waals surface area (Å²) in [4.78, 5) is 25.4. The van der Waals surface area contributed by atoms with E-state index >= 15 is 0 Å². The molecule has 1 amide bonds. The molecule has 1 aliphatic heterocycles. The maximum Gasteiger partial charge on any atom is 0.308 e. The Labute approximate surface area is 242 Å². The van der Waals surface area contributed by atoms with E-state index in [0.29, 0.717) is 37.8 Å². The molecule has 2 unspecified atom stereocenters. The lowest BCUT2D eigenvalue weighted by Crippen LogP contribution is -2.41. The average molecular weight is 562 g/mol. The highest BCUT2D eigenvalue weighted by Crippen LogP contribution is 2.45. The first kappa shape index (κ1) is 32.8. The van der Waals surface area contributed by atoms with Crippen LogP contribution in [0.4, 0.5) is 0 Å². The highest BCUT2D eigenvalue weighted by molar-refractivity contribution is 5.76. The molecule has 0 saturated carbocycles. The first-order valence-corrected chi connectivity index (χ1v) is 16.0. The van der Waals surface area contributed by atoms with E-state index in [2.05, 4.69) is 44.3 Å². The zero-order valence-corrected chi connectivity index (χ0v) is 25.6. The summed E-state index contributed by atoms with van der Waals surface area (Å²) in [5.74, 6) is 0.836. The van der Waals surface area contributed by atoms with Crippen molar-refractivity contribution in [1.29, 1.82) is 0 Å². The lowest BCUT2D eigenvalue weighted by Gasteiger charge is -2.43. The van der Waals surface area contributed by atoms with E-state index in [-0.39, 0.29) is 48.4 Å². The Balaban J connectivity index is 1.64. The van der Waals surface area contributed by atoms with E-state index < -0.39 is 12.2 Å². The van der Waals surface area contributed by atoms with Crippen LogP contribution in [-0.4, -0.2) is 54.7 Å². The number of allylic oxidation sites excluding steroid dienone is 3. The molecule has 228 valence electrons. The van der Waals surface area contributed by atoms with Crippen molar-refractivity contribution in [3.8, 4) is 0 Å². The molecule has 0 bridgehead atoms. The molecule has 3 aliphatic rings. The van der Waals surface area contributed by atoms with Crippen molar-refractivity contribution in [2.24, 2.45) is 29.6 Å². The fourth-order valence-corrected chi connectivity index (χ4v) is 6.36. The fourth-order valence-electron chi connectivity index (χ4n) is 6.36. The molecule has 0 aromatic carbocycles. The standard InChI is InChI=1S/C33H55NO6/c1-6-8-16-34-30(36)21-27(39-31-11-9-10-17-38-31)20-26(35)14-15-28-24(5)12-13-25-18-22(3)19-29(32(25)28)40-33(37)23(4)7-2/h12-13,18,22-24,26-29,31-32,35H,6-11,14-17,19-21H2,1-5H3,(H,34,36)/t22-,23-,24-,26+,27+,28-,29?,31?,32-/m0/s1. The number of rotatable bonds is 15. The second-order valence-electron chi connectivity index (χ2n) is 12.5. The summed E-state index contributed by atoms with van der Waals surface area (Å²) < 4.78 is 18.2. The molecule has 0 aromatic rings. The van der Waals surface area contributed by atoms with Gasteiger partial charge in [0.15, 0.2) is 6.29 Å². The van der Waals surface area contributed by atoms with Crippen molar-refractivity contribution in [1.82, 2.24) is 5.32 Å². The minimum atomic E-state index is -0.591. The van der Waals surface area contributed by atoms with Gasteiger partial charge in [0.05, 0.1) is 24.5 Å². The fraction of sp³-hybridized carbons (Fsp3) is 0.818. The first-order chi connectivity index (χ1) is 19.2. The van der Waals surface area contributed by atoms with Crippen LogP contribution in [-0.2, 0) is 23.8 Å². The van der Waals surface area contributed by atoms with Crippen molar-refractivity contribution < 1.29 is 28.9 Å². The first-order valence-electron chi connectivity index (χ1n) is 16.0. The number of unbranched alkanes of at least 4 members (excludes halogenated alkanes) is 1. The van der Waals surface area contributed by atoms with E-state index in [0.717, 1.165) is 51.4 Å². The van der Waals surface area contributed by atoms with E-state index in [9.17, 15) is 14.7 Å². The van der Waals surface area contributed by atoms with Crippen LogP contribution in [0.15, 0.2) is 23.8 Å². The number of carbonyl (C=O) groups is 2. The summed E-state index contributed by atoms with van der Waals surface area (Å²) in [5.41, 5.74) is 1.26. The third kappa shape index (κ3) is 9.99. The van der Waals surface area contributed by atoms with Gasteiger partial charge in [-0.1, -0.05) is 59.3 Å². The van der Waals surface area contributed by atoms with E-state index in [4.69, 9.17) is 14.2 Å². The normalized spacial score (nSPS) is 30.5. The summed E-state index contributed by atoms with van der Waals surface area (Å²) in [6.45, 7) is 11.8. The highest BCUT2D eigenvalue weighted by Gasteiger charge is 2.41. The van der Waals surface area contributed by atoms with Crippen LogP contribution in [0.25, 0.3) is 0 Å². The number of fused-ring (bicyclic) bond motifs is 1. The molecule has 7 heteroatoms. The SMILES string of the molecule is CCCCNC(=O)C[C@@H](C[C@H](O)CC[C@@H]1[C@@H]2C(=C[C@H](C)CC2OC(=O)[C@@H](C)CC)C=C[C@@H]1C)OC1CCCCO1. The Morgan fingerprint density at radius 2 is 2.02 bits per heavy atom. The molecule has 0 spiro atoms. The maximum atomic E-state index is 12.8. The molecule has 7 nitrogen and oxygen atoms in total. The van der Waals surface area contributed by atoms with Gasteiger partial charge in [-0.2, -0.15) is 0 Å². The van der Waals surface area contributed by atoms with Gasteiger partial charge in [-0.05, 0) is 74.7 Å². The van der Waals surface area contributed by atoms with Crippen LogP contribution < -0.4 is 5.32 Å². The van der Waals surface area contributed by atoms with Gasteiger partial charge in [0, 0.05) is 25.5 Å². The van der Waals surface area contributed by atoms with E-state index in [1.807, 2.05) is 13.8 Å². The van der Waals surface area contributed by atoms with E-state index in [1.165, 1.54) is 5.57 Å². The number of aliphatic hydroxyl groups is 1. The van der Waals surface area contributed by atoms with E-state index in [1.54, 1.807) is 0 Å². The second-order valence-corrected chi connectivity index (χ2v) is 12.5. The zero-order chi connectivity index (χ0) is 29.1. The number of carbonyl (C=O) groups excluding carboxylic acids is 2. The lowest BCUT2D eigenvalue weighted by molar-refractivity contribution is -0.194. The van der Waals surface area contributed by atoms with Crippen LogP contribution in [0.3, 0.4) is 0 Å². The van der Waals surface area contributed by atoms with Crippen LogP contribution in [0.1, 0.15) is 105 Å². The number of ether oxygens (including phenoxy) is 3. The number of hydrogen-bond donors (Lipinski definition) is 2. The topological polar surface area (TPSA) is 94.1 Å². The summed E-state index contributed by atoms with van der Waals surface area (Å²) in [7, 11) is 0. The third-order valence-corrected chi connectivity index (χ3v) is 8.99. The van der Waals surface area contributed by atoms with Gasteiger partial charge < -0.3 is 24.6 Å². The van der Waals surface area contributed by atoms with Gasteiger partial charge in [0.2, 0.25) is 5.91 Å². The quantitative estimate of drug-likeness (QED) is 0.185. The largest absolute Gasteiger partial charge is 0.461 e. The number of aliphatic hydroxyl groups excluding tert-OH is 1. The van der Waals surface area contributed by atoms with Crippen molar-refractivity contribution in [3.05, 3.63) is 23.8 Å². The molecule has 0 aromatic heterocycles. The molecule has 1 fully saturated rings. The monoisotopic (exact) mass is 561 g/mol. The predicted molar refractivity (Wildman–Crippen MR) is 157 cm³/mol. The van der Waals surface area contributed by atoms with Crippen molar-refractivity contribution in [2.45, 2.75) is 130 Å². The summed E-state index contributed by atoms with van der Waals surface area (Å²) in [6.07, 6.45) is 13.9. The third-order valence-electron chi connectivity index (χ3n) is 8.99. The molecule has 2 aliphatic carbocycles. The van der Waals surface area contributed by atoms with Gasteiger partial charge >= 0.3 is 5.97 Å². The Bertz CT molecular complexity index is 850. The van der Waals surface area contributed by atoms with Crippen molar-refractivity contribution >= 4 is 11.9 Å². The van der Waals surface area contributed by atoms with Gasteiger partial charge in [-0.15, -0.1) is 0 Å². The molecular formula is C33H55NO6. The summed E-state index contributed by atoms with van der Waals surface area (Å²) in [5, 5.41) is 14.2. The second kappa shape index (κ2) is 16.7. The number of amides is 1. The lowest BCUT2D eigenvalue weighted by atomic mass is 9.65. The molecule has 40 heavy (non-hydrogen) atoms. The highest BCUT2D eigenvalue weighted by atomic mass is 16.7. The van der Waals surface area contributed by atoms with Crippen LogP contribution in [0, 0.1) is 29.6 Å². The van der Waals surface area contributed by atoms with Crippen molar-refractivity contribution in [3.63, 3.8) is 0 Å². The summed E-state index contributed by atoms with van der Waals surface area (Å²) >= 11 is 0. The molecular weight excluding hydrogens is 506 g/mol. The van der Waals surface area contributed by atoms with Gasteiger partial charge in [0.25, 0.3) is 0 Å². The molecule has 2 N–H and O–H groups in total. The smallest absolute Gasteiger partial charge is 0.308 e. The minimum absolute atomic E-state index is 0.0374. The Morgan fingerprint density at radius 3 is 2.73 bits per heavy atom. The predicted octanol–water partition coefficient (Wildman–Crippen LogP) is 6.10. The molecule has 1 saturated heterocycles. The maximum absolute atomic E-state index is 12.8. The zero-order valence-electron chi connectivity index (χ0n) is 25.6. The van der Waals surface area contributed by atoms with Gasteiger partial charge in [-0.25, -0.2) is 0 Å². The molecule has 9 atom stereocenters. The van der Waals surface area contributed by atoms with Gasteiger partial charge in [-0.3, -0.25) is 9.59 Å². The van der Waals surface area contributed by atoms with Crippen LogP contribution in [0.2, 0.25) is 0 Å². The average Bonchev–Trinajstić information content (AvgIpc) is 2.92. The number of esters is 1. The Morgan fingerprint density at radius 1 is 1.23 bits per heavy atom. The van der Waals surface area contributed by atoms with Crippen molar-refractivity contribution in [2.75, 3.05) is 13.2 Å². The van der Waals surface area contributed by atoms with Crippen LogP contribution >= 0.6 is 0 Å². The molecule has 1 heterocycles.